The fourth-order valence-electron chi connectivity index (χ4n) is 0.288. The largest absolute Gasteiger partial charge is 0.319 e. The number of hydrazine groups is 1. The summed E-state index contributed by atoms with van der Waals surface area (Å²) < 4.78 is 0. The Morgan fingerprint density at radius 2 is 2.25 bits per heavy atom. The average Bonchev–Trinajstić information content (AvgIpc) is 1.67. The number of rotatable bonds is 2. The molecule has 0 saturated heterocycles. The van der Waals surface area contributed by atoms with E-state index in [9.17, 15) is 0 Å². The molecule has 2 heteroatoms. The van der Waals surface area contributed by atoms with Crippen molar-refractivity contribution in [1.29, 1.82) is 0 Å². The van der Waals surface area contributed by atoms with Crippen molar-refractivity contribution < 1.29 is 0 Å². The number of nitrogens with two attached hydrogens (primary N) is 1. The van der Waals surface area contributed by atoms with E-state index in [0.717, 1.165) is 5.70 Å². The van der Waals surface area contributed by atoms with Gasteiger partial charge in [0.05, 0.1) is 0 Å². The van der Waals surface area contributed by atoms with E-state index in [1.165, 1.54) is 0 Å². The fourth-order valence-corrected chi connectivity index (χ4v) is 0.288. The van der Waals surface area contributed by atoms with Crippen molar-refractivity contribution >= 4 is 0 Å². The Balaban J connectivity index is 3.78. The minimum absolute atomic E-state index is 1.00. The van der Waals surface area contributed by atoms with Gasteiger partial charge >= 0.3 is 0 Å². The highest BCUT2D eigenvalue weighted by Gasteiger charge is 1.84. The second-order valence-corrected chi connectivity index (χ2v) is 1.65. The van der Waals surface area contributed by atoms with Gasteiger partial charge in [0.15, 0.2) is 0 Å². The highest BCUT2D eigenvalue weighted by atomic mass is 15.4. The first-order valence-electron chi connectivity index (χ1n) is 2.46. The van der Waals surface area contributed by atoms with Crippen LogP contribution in [0.2, 0.25) is 0 Å². The molecule has 2 N–H and O–H groups in total. The first-order chi connectivity index (χ1) is 3.68. The van der Waals surface area contributed by atoms with E-state index < -0.39 is 0 Å². The molecule has 0 aliphatic rings. The third-order valence-corrected chi connectivity index (χ3v) is 0.915. The van der Waals surface area contributed by atoms with Crippen LogP contribution in [0.3, 0.4) is 0 Å². The monoisotopic (exact) mass is 112 g/mol. The summed E-state index contributed by atoms with van der Waals surface area (Å²) in [6.07, 6.45) is 3.55. The molecule has 8 heavy (non-hydrogen) atoms. The number of hydrogen-bond acceptors (Lipinski definition) is 2. The van der Waals surface area contributed by atoms with E-state index in [-0.39, 0.29) is 0 Å². The quantitative estimate of drug-likeness (QED) is 0.326. The third-order valence-electron chi connectivity index (χ3n) is 0.915. The normalized spacial score (nSPS) is 11.1. The van der Waals surface area contributed by atoms with Crippen molar-refractivity contribution in [3.8, 4) is 0 Å². The van der Waals surface area contributed by atoms with Gasteiger partial charge in [0, 0.05) is 12.7 Å². The smallest absolute Gasteiger partial charge is 0.0256 e. The number of hydrogen-bond donors (Lipinski definition) is 1. The van der Waals surface area contributed by atoms with Crippen LogP contribution in [0, 0.1) is 0 Å². The Morgan fingerprint density at radius 1 is 1.75 bits per heavy atom. The van der Waals surface area contributed by atoms with Crippen molar-refractivity contribution in [3.63, 3.8) is 0 Å². The van der Waals surface area contributed by atoms with Crippen molar-refractivity contribution in [2.45, 2.75) is 6.92 Å². The van der Waals surface area contributed by atoms with E-state index in [2.05, 4.69) is 6.58 Å². The van der Waals surface area contributed by atoms with Crippen molar-refractivity contribution in [2.24, 2.45) is 5.84 Å². The van der Waals surface area contributed by atoms with E-state index in [1.807, 2.05) is 13.0 Å². The Kier molecular flexibility index (Phi) is 2.96. The maximum Gasteiger partial charge on any atom is 0.0256 e. The van der Waals surface area contributed by atoms with Crippen LogP contribution in [0.5, 0.6) is 0 Å². The molecule has 46 valence electrons. The standard InChI is InChI=1S/C6H12N2/c1-4-5-6(2)8(3)7/h4-5H,1,7H2,2-3H3/b6-5+. The first-order valence-corrected chi connectivity index (χ1v) is 2.46. The van der Waals surface area contributed by atoms with Gasteiger partial charge in [-0.1, -0.05) is 12.7 Å². The summed E-state index contributed by atoms with van der Waals surface area (Å²) in [6, 6.07) is 0. The lowest BCUT2D eigenvalue weighted by molar-refractivity contribution is 0.442. The van der Waals surface area contributed by atoms with Gasteiger partial charge in [-0.3, -0.25) is 0 Å². The van der Waals surface area contributed by atoms with Crippen molar-refractivity contribution in [3.05, 3.63) is 24.4 Å². The van der Waals surface area contributed by atoms with Crippen LogP contribution in [0.4, 0.5) is 0 Å². The molecule has 0 heterocycles. The highest BCUT2D eigenvalue weighted by molar-refractivity contribution is 5.04. The minimum atomic E-state index is 1.00. The second-order valence-electron chi connectivity index (χ2n) is 1.65. The van der Waals surface area contributed by atoms with Crippen LogP contribution in [0.1, 0.15) is 6.92 Å². The Labute approximate surface area is 50.3 Å². The van der Waals surface area contributed by atoms with Crippen molar-refractivity contribution in [2.75, 3.05) is 7.05 Å². The molecule has 0 spiro atoms. The topological polar surface area (TPSA) is 29.3 Å². The summed E-state index contributed by atoms with van der Waals surface area (Å²) in [5.41, 5.74) is 1.00. The van der Waals surface area contributed by atoms with Gasteiger partial charge in [-0.05, 0) is 13.0 Å². The zero-order valence-electron chi connectivity index (χ0n) is 5.39. The van der Waals surface area contributed by atoms with E-state index in [1.54, 1.807) is 18.1 Å². The molecule has 0 rings (SSSR count). The summed E-state index contributed by atoms with van der Waals surface area (Å²) >= 11 is 0. The zero-order chi connectivity index (χ0) is 6.57. The highest BCUT2D eigenvalue weighted by Crippen LogP contribution is 1.91. The lowest BCUT2D eigenvalue weighted by Gasteiger charge is -2.10. The van der Waals surface area contributed by atoms with Gasteiger partial charge in [-0.15, -0.1) is 0 Å². The van der Waals surface area contributed by atoms with E-state index in [0.29, 0.717) is 0 Å². The zero-order valence-corrected chi connectivity index (χ0v) is 5.39. The van der Waals surface area contributed by atoms with Crippen LogP contribution in [-0.2, 0) is 0 Å². The maximum atomic E-state index is 5.34. The molecule has 0 amide bonds. The molecule has 0 aromatic heterocycles. The summed E-state index contributed by atoms with van der Waals surface area (Å²) in [6.45, 7) is 5.44. The molecule has 0 aliphatic heterocycles. The lowest BCUT2D eigenvalue weighted by atomic mass is 10.4. The molecule has 0 aromatic rings. The predicted molar refractivity (Wildman–Crippen MR) is 35.9 cm³/mol. The maximum absolute atomic E-state index is 5.34. The number of nitrogens with zero attached hydrogens (tertiary/aromatic N) is 1. The van der Waals surface area contributed by atoms with Gasteiger partial charge < -0.3 is 5.01 Å². The third kappa shape index (κ3) is 2.42. The Bertz CT molecular complexity index is 103. The van der Waals surface area contributed by atoms with Crippen LogP contribution < -0.4 is 5.84 Å². The van der Waals surface area contributed by atoms with E-state index >= 15 is 0 Å². The molecule has 0 radical (unpaired) electrons. The lowest BCUT2D eigenvalue weighted by Crippen LogP contribution is -2.23. The molecule has 0 bridgehead atoms. The molecule has 0 aliphatic carbocycles. The minimum Gasteiger partial charge on any atom is -0.319 e. The van der Waals surface area contributed by atoms with Gasteiger partial charge in [-0.2, -0.15) is 0 Å². The molecule has 0 aromatic carbocycles. The molecular weight excluding hydrogens is 100 g/mol. The molecular formula is C6H12N2. The molecule has 2 nitrogen and oxygen atoms in total. The fraction of sp³-hybridized carbons (Fsp3) is 0.333. The SMILES string of the molecule is C=C/C=C(\C)N(C)N. The van der Waals surface area contributed by atoms with Gasteiger partial charge in [-0.25, -0.2) is 5.84 Å². The number of allylic oxidation sites excluding steroid dienone is 3. The Morgan fingerprint density at radius 3 is 2.38 bits per heavy atom. The Hall–Kier alpha value is -0.760. The van der Waals surface area contributed by atoms with Gasteiger partial charge in [0.25, 0.3) is 0 Å². The first kappa shape index (κ1) is 7.24. The second kappa shape index (κ2) is 3.27. The average molecular weight is 112 g/mol. The van der Waals surface area contributed by atoms with Gasteiger partial charge in [0.2, 0.25) is 0 Å². The summed E-state index contributed by atoms with van der Waals surface area (Å²) in [4.78, 5) is 0. The molecule has 0 saturated carbocycles. The summed E-state index contributed by atoms with van der Waals surface area (Å²) in [7, 11) is 1.79. The van der Waals surface area contributed by atoms with Crippen molar-refractivity contribution in [1.82, 2.24) is 5.01 Å². The van der Waals surface area contributed by atoms with Crippen LogP contribution >= 0.6 is 0 Å². The molecule has 0 fully saturated rings. The predicted octanol–water partition coefficient (Wildman–Crippen LogP) is 0.882. The van der Waals surface area contributed by atoms with Gasteiger partial charge in [0.1, 0.15) is 0 Å². The molecule has 0 atom stereocenters. The van der Waals surface area contributed by atoms with E-state index in [4.69, 9.17) is 5.84 Å². The summed E-state index contributed by atoms with van der Waals surface area (Å²) in [5, 5.41) is 1.54. The molecule has 0 unspecified atom stereocenters. The van der Waals surface area contributed by atoms with Crippen LogP contribution in [0.25, 0.3) is 0 Å². The van der Waals surface area contributed by atoms with Crippen LogP contribution in [-0.4, -0.2) is 12.1 Å². The van der Waals surface area contributed by atoms with Crippen LogP contribution in [0.15, 0.2) is 24.4 Å². The summed E-state index contributed by atoms with van der Waals surface area (Å²) in [5.74, 6) is 5.34.